The third kappa shape index (κ3) is 4.82. The first kappa shape index (κ1) is 19.7. The summed E-state index contributed by atoms with van der Waals surface area (Å²) in [6.07, 6.45) is 6.41. The van der Waals surface area contributed by atoms with Crippen molar-refractivity contribution >= 4 is 22.5 Å². The molecule has 1 aliphatic carbocycles. The van der Waals surface area contributed by atoms with Gasteiger partial charge < -0.3 is 10.6 Å². The van der Waals surface area contributed by atoms with Gasteiger partial charge >= 0.3 is 0 Å². The van der Waals surface area contributed by atoms with Crippen molar-refractivity contribution in [2.75, 3.05) is 11.9 Å². The van der Waals surface area contributed by atoms with Crippen LogP contribution in [-0.2, 0) is 4.79 Å². The monoisotopic (exact) mass is 370 g/mol. The number of nitrogens with one attached hydrogen (secondary N) is 2. The zero-order valence-electron chi connectivity index (χ0n) is 17.4. The Balaban J connectivity index is 1.51. The summed E-state index contributed by atoms with van der Waals surface area (Å²) in [6.45, 7) is 11.2. The topological polar surface area (TPSA) is 59.0 Å². The highest BCUT2D eigenvalue weighted by molar-refractivity contribution is 5.82. The molecular weight excluding hydrogens is 336 g/mol. The summed E-state index contributed by atoms with van der Waals surface area (Å²) in [4.78, 5) is 12.2. The van der Waals surface area contributed by atoms with Crippen LogP contribution in [0.1, 0.15) is 66.3 Å². The van der Waals surface area contributed by atoms with E-state index in [1.165, 1.54) is 10.9 Å². The molecule has 3 rings (SSSR count). The number of nitrogens with zero attached hydrogens (tertiary/aromatic N) is 2. The first-order valence-corrected chi connectivity index (χ1v) is 10.3. The number of hydrogen-bond acceptors (Lipinski definition) is 3. The van der Waals surface area contributed by atoms with Crippen LogP contribution in [0.15, 0.2) is 24.4 Å². The number of rotatable bonds is 5. The van der Waals surface area contributed by atoms with E-state index in [1.54, 1.807) is 0 Å². The van der Waals surface area contributed by atoms with E-state index in [9.17, 15) is 4.79 Å². The van der Waals surface area contributed by atoms with Gasteiger partial charge in [0, 0.05) is 35.1 Å². The fourth-order valence-corrected chi connectivity index (χ4v) is 3.73. The third-order valence-corrected chi connectivity index (χ3v) is 5.55. The molecule has 1 aromatic heterocycles. The highest BCUT2D eigenvalue weighted by Crippen LogP contribution is 2.27. The smallest absolute Gasteiger partial charge is 0.225 e. The molecule has 27 heavy (non-hydrogen) atoms. The molecule has 2 N–H and O–H groups in total. The van der Waals surface area contributed by atoms with Crippen LogP contribution in [0, 0.1) is 11.3 Å². The van der Waals surface area contributed by atoms with E-state index in [0.717, 1.165) is 37.9 Å². The second-order valence-electron chi connectivity index (χ2n) is 9.28. The molecule has 1 aromatic carbocycles. The summed E-state index contributed by atoms with van der Waals surface area (Å²) < 4.78 is 2.07. The molecule has 0 spiro atoms. The van der Waals surface area contributed by atoms with Gasteiger partial charge in [0.15, 0.2) is 0 Å². The number of hydrogen-bond donors (Lipinski definition) is 2. The molecule has 0 saturated heterocycles. The molecule has 1 fully saturated rings. The molecule has 0 radical (unpaired) electrons. The third-order valence-electron chi connectivity index (χ3n) is 5.55. The molecule has 5 heteroatoms. The van der Waals surface area contributed by atoms with Crippen molar-refractivity contribution in [3.63, 3.8) is 0 Å². The largest absolute Gasteiger partial charge is 0.385 e. The number of carbonyl (C=O) groups excluding carboxylic acids is 1. The molecule has 0 bridgehead atoms. The van der Waals surface area contributed by atoms with E-state index < -0.39 is 0 Å². The molecule has 1 aliphatic rings. The second-order valence-corrected chi connectivity index (χ2v) is 9.28. The van der Waals surface area contributed by atoms with Gasteiger partial charge in [-0.15, -0.1) is 0 Å². The average Bonchev–Trinajstić information content (AvgIpc) is 3.03. The fraction of sp³-hybridized carbons (Fsp3) is 0.636. The van der Waals surface area contributed by atoms with Crippen molar-refractivity contribution in [3.05, 3.63) is 24.4 Å². The number of benzene rings is 1. The minimum absolute atomic E-state index is 0.166. The first-order chi connectivity index (χ1) is 12.7. The van der Waals surface area contributed by atoms with Crippen LogP contribution in [0.4, 0.5) is 5.69 Å². The van der Waals surface area contributed by atoms with Gasteiger partial charge in [-0.2, -0.15) is 5.10 Å². The van der Waals surface area contributed by atoms with Crippen molar-refractivity contribution < 1.29 is 4.79 Å². The number of aromatic nitrogens is 2. The summed E-state index contributed by atoms with van der Waals surface area (Å²) in [5.74, 6) is 0.831. The summed E-state index contributed by atoms with van der Waals surface area (Å²) in [5.41, 5.74) is 2.04. The summed E-state index contributed by atoms with van der Waals surface area (Å²) in [5, 5.41) is 12.5. The van der Waals surface area contributed by atoms with Crippen molar-refractivity contribution in [3.8, 4) is 0 Å². The van der Waals surface area contributed by atoms with Crippen molar-refractivity contribution in [2.24, 2.45) is 11.3 Å². The van der Waals surface area contributed by atoms with Crippen LogP contribution in [0.3, 0.4) is 0 Å². The Hall–Kier alpha value is -2.04. The molecule has 1 saturated carbocycles. The second kappa shape index (κ2) is 7.91. The number of amides is 1. The molecule has 5 nitrogen and oxygen atoms in total. The maximum absolute atomic E-state index is 12.2. The molecular formula is C22H34N4O. The lowest BCUT2D eigenvalue weighted by Crippen LogP contribution is -2.43. The van der Waals surface area contributed by atoms with Crippen molar-refractivity contribution in [1.82, 2.24) is 15.1 Å². The Labute approximate surface area is 162 Å². The van der Waals surface area contributed by atoms with Gasteiger partial charge in [-0.3, -0.25) is 9.48 Å². The van der Waals surface area contributed by atoms with E-state index in [2.05, 4.69) is 52.5 Å². The lowest BCUT2D eigenvalue weighted by atomic mass is 9.85. The van der Waals surface area contributed by atoms with Crippen LogP contribution in [0.25, 0.3) is 10.9 Å². The number of anilines is 1. The molecule has 1 heterocycles. The predicted octanol–water partition coefficient (Wildman–Crippen LogP) is 4.75. The zero-order valence-corrected chi connectivity index (χ0v) is 17.4. The summed E-state index contributed by atoms with van der Waals surface area (Å²) in [6, 6.07) is 7.19. The maximum atomic E-state index is 12.2. The van der Waals surface area contributed by atoms with Crippen LogP contribution < -0.4 is 10.6 Å². The van der Waals surface area contributed by atoms with Gasteiger partial charge in [-0.1, -0.05) is 20.8 Å². The summed E-state index contributed by atoms with van der Waals surface area (Å²) >= 11 is 0. The van der Waals surface area contributed by atoms with E-state index >= 15 is 0 Å². The van der Waals surface area contributed by atoms with Gasteiger partial charge in [-0.05, 0) is 63.6 Å². The number of carbonyl (C=O) groups is 1. The molecule has 1 amide bonds. The lowest BCUT2D eigenvalue weighted by Gasteiger charge is -2.31. The molecule has 148 valence electrons. The first-order valence-electron chi connectivity index (χ1n) is 10.3. The van der Waals surface area contributed by atoms with Crippen LogP contribution in [0.5, 0.6) is 0 Å². The molecule has 0 atom stereocenters. The van der Waals surface area contributed by atoms with E-state index in [4.69, 9.17) is 0 Å². The van der Waals surface area contributed by atoms with Gasteiger partial charge in [0.1, 0.15) is 0 Å². The fourth-order valence-electron chi connectivity index (χ4n) is 3.73. The standard InChI is InChI=1S/C22H34N4O/c1-15(2)26-20-12-19(11-8-17(20)14-24-26)23-13-16-6-9-18(10-7-16)25-21(27)22(3,4)5/h8,11-12,14-16,18,23H,6-7,9-10,13H2,1-5H3,(H,25,27). The van der Waals surface area contributed by atoms with E-state index in [0.29, 0.717) is 18.0 Å². The normalized spacial score (nSPS) is 20.8. The Bertz CT molecular complexity index is 779. The molecule has 0 aliphatic heterocycles. The SMILES string of the molecule is CC(C)n1ncc2ccc(NCC3CCC(NC(=O)C(C)(C)C)CC3)cc21. The quantitative estimate of drug-likeness (QED) is 0.798. The van der Waals surface area contributed by atoms with E-state index in [1.807, 2.05) is 27.0 Å². The van der Waals surface area contributed by atoms with Crippen molar-refractivity contribution in [1.29, 1.82) is 0 Å². The van der Waals surface area contributed by atoms with Crippen LogP contribution in [-0.4, -0.2) is 28.3 Å². The molecule has 0 unspecified atom stereocenters. The predicted molar refractivity (Wildman–Crippen MR) is 112 cm³/mol. The number of fused-ring (bicyclic) bond motifs is 1. The minimum atomic E-state index is -0.306. The molecule has 2 aromatic rings. The van der Waals surface area contributed by atoms with Crippen LogP contribution in [0.2, 0.25) is 0 Å². The van der Waals surface area contributed by atoms with Gasteiger partial charge in [0.25, 0.3) is 0 Å². The van der Waals surface area contributed by atoms with Gasteiger partial charge in [-0.25, -0.2) is 0 Å². The summed E-state index contributed by atoms with van der Waals surface area (Å²) in [7, 11) is 0. The highest BCUT2D eigenvalue weighted by Gasteiger charge is 2.27. The van der Waals surface area contributed by atoms with Gasteiger partial charge in [0.2, 0.25) is 5.91 Å². The van der Waals surface area contributed by atoms with Gasteiger partial charge in [0.05, 0.1) is 11.7 Å². The van der Waals surface area contributed by atoms with E-state index in [-0.39, 0.29) is 11.3 Å². The average molecular weight is 371 g/mol. The Kier molecular flexibility index (Phi) is 5.78. The Morgan fingerprint density at radius 1 is 1.22 bits per heavy atom. The van der Waals surface area contributed by atoms with Crippen LogP contribution >= 0.6 is 0 Å². The Morgan fingerprint density at radius 3 is 2.56 bits per heavy atom. The maximum Gasteiger partial charge on any atom is 0.225 e. The minimum Gasteiger partial charge on any atom is -0.385 e. The Morgan fingerprint density at radius 2 is 1.93 bits per heavy atom. The highest BCUT2D eigenvalue weighted by atomic mass is 16.2. The zero-order chi connectivity index (χ0) is 19.6. The van der Waals surface area contributed by atoms with Crippen molar-refractivity contribution in [2.45, 2.75) is 72.4 Å². The lowest BCUT2D eigenvalue weighted by molar-refractivity contribution is -0.129.